The van der Waals surface area contributed by atoms with Gasteiger partial charge in [0.2, 0.25) is 5.95 Å². The Bertz CT molecular complexity index is 845. The fourth-order valence-corrected chi connectivity index (χ4v) is 4.39. The molecule has 0 saturated carbocycles. The number of aryl methyl sites for hydroxylation is 2. The van der Waals surface area contributed by atoms with Gasteiger partial charge in [0.25, 0.3) is 5.91 Å². The summed E-state index contributed by atoms with van der Waals surface area (Å²) in [5.74, 6) is 2.72. The molecule has 7 nitrogen and oxygen atoms in total. The minimum Gasteiger partial charge on any atom is -0.496 e. The normalized spacial score (nSPS) is 21.0. The van der Waals surface area contributed by atoms with Crippen molar-refractivity contribution >= 4 is 11.9 Å². The molecule has 1 aromatic carbocycles. The van der Waals surface area contributed by atoms with Gasteiger partial charge in [0.05, 0.1) is 14.2 Å². The average Bonchev–Trinajstić information content (AvgIpc) is 3.25. The number of likely N-dealkylation sites (tertiary alicyclic amines) is 1. The first kappa shape index (κ1) is 18.5. The topological polar surface area (TPSA) is 67.8 Å². The number of amides is 1. The first-order chi connectivity index (χ1) is 13.5. The van der Waals surface area contributed by atoms with E-state index >= 15 is 0 Å². The largest absolute Gasteiger partial charge is 0.496 e. The van der Waals surface area contributed by atoms with Crippen LogP contribution in [0.4, 0.5) is 5.95 Å². The number of aromatic nitrogens is 2. The molecule has 1 amide bonds. The highest BCUT2D eigenvalue weighted by atomic mass is 16.5. The van der Waals surface area contributed by atoms with Crippen LogP contribution in [-0.4, -0.2) is 61.2 Å². The Balaban J connectivity index is 1.49. The maximum Gasteiger partial charge on any atom is 0.261 e. The maximum atomic E-state index is 13.2. The van der Waals surface area contributed by atoms with Crippen LogP contribution in [-0.2, 0) is 0 Å². The zero-order valence-corrected chi connectivity index (χ0v) is 16.8. The number of ether oxygens (including phenoxy) is 2. The van der Waals surface area contributed by atoms with E-state index in [2.05, 4.69) is 14.9 Å². The first-order valence-electron chi connectivity index (χ1n) is 9.57. The summed E-state index contributed by atoms with van der Waals surface area (Å²) in [7, 11) is 3.15. The van der Waals surface area contributed by atoms with E-state index in [0.717, 1.165) is 43.5 Å². The van der Waals surface area contributed by atoms with E-state index in [4.69, 9.17) is 9.47 Å². The second-order valence-electron chi connectivity index (χ2n) is 7.62. The van der Waals surface area contributed by atoms with E-state index in [9.17, 15) is 4.79 Å². The molecule has 2 aromatic rings. The van der Waals surface area contributed by atoms with E-state index in [-0.39, 0.29) is 5.91 Å². The molecule has 2 aliphatic heterocycles. The minimum atomic E-state index is -0.0297. The number of hydrogen-bond acceptors (Lipinski definition) is 6. The molecule has 2 saturated heterocycles. The van der Waals surface area contributed by atoms with Crippen molar-refractivity contribution in [3.8, 4) is 11.5 Å². The Morgan fingerprint density at radius 2 is 1.50 bits per heavy atom. The quantitative estimate of drug-likeness (QED) is 0.808. The summed E-state index contributed by atoms with van der Waals surface area (Å²) in [5.41, 5.74) is 2.47. The fourth-order valence-electron chi connectivity index (χ4n) is 4.39. The zero-order valence-electron chi connectivity index (χ0n) is 16.8. The molecule has 148 valence electrons. The summed E-state index contributed by atoms with van der Waals surface area (Å²) < 4.78 is 10.8. The van der Waals surface area contributed by atoms with Gasteiger partial charge in [-0.2, -0.15) is 0 Å². The molecule has 3 heterocycles. The molecule has 0 radical (unpaired) electrons. The number of nitrogens with zero attached hydrogens (tertiary/aromatic N) is 4. The number of methoxy groups -OCH3 is 2. The SMILES string of the molecule is COc1cccc(OC)c1C(=O)N1CC2CN(c3nc(C)cc(C)n3)CC2C1. The molecule has 1 aromatic heterocycles. The van der Waals surface area contributed by atoms with Crippen molar-refractivity contribution in [2.75, 3.05) is 45.3 Å². The van der Waals surface area contributed by atoms with Gasteiger partial charge in [0, 0.05) is 49.4 Å². The fraction of sp³-hybridized carbons (Fsp3) is 0.476. The van der Waals surface area contributed by atoms with Crippen LogP contribution >= 0.6 is 0 Å². The summed E-state index contributed by atoms with van der Waals surface area (Å²) in [5, 5.41) is 0. The number of carbonyl (C=O) groups is 1. The van der Waals surface area contributed by atoms with Crippen molar-refractivity contribution in [2.24, 2.45) is 11.8 Å². The van der Waals surface area contributed by atoms with Gasteiger partial charge >= 0.3 is 0 Å². The third-order valence-electron chi connectivity index (χ3n) is 5.67. The summed E-state index contributed by atoms with van der Waals surface area (Å²) in [6.45, 7) is 7.20. The number of carbonyl (C=O) groups excluding carboxylic acids is 1. The molecule has 0 N–H and O–H groups in total. The Morgan fingerprint density at radius 3 is 2.00 bits per heavy atom. The van der Waals surface area contributed by atoms with Gasteiger partial charge in [-0.15, -0.1) is 0 Å². The average molecular weight is 382 g/mol. The molecule has 0 bridgehead atoms. The van der Waals surface area contributed by atoms with Gasteiger partial charge in [-0.05, 0) is 32.0 Å². The second-order valence-corrected chi connectivity index (χ2v) is 7.62. The van der Waals surface area contributed by atoms with Crippen LogP contribution < -0.4 is 14.4 Å². The summed E-state index contributed by atoms with van der Waals surface area (Å²) in [4.78, 5) is 26.6. The molecule has 7 heteroatoms. The lowest BCUT2D eigenvalue weighted by atomic mass is 10.0. The van der Waals surface area contributed by atoms with E-state index in [0.29, 0.717) is 28.9 Å². The molecule has 0 aliphatic carbocycles. The van der Waals surface area contributed by atoms with Crippen molar-refractivity contribution in [3.05, 3.63) is 41.2 Å². The highest BCUT2D eigenvalue weighted by Gasteiger charge is 2.43. The maximum absolute atomic E-state index is 13.2. The monoisotopic (exact) mass is 382 g/mol. The predicted molar refractivity (Wildman–Crippen MR) is 106 cm³/mol. The van der Waals surface area contributed by atoms with Gasteiger partial charge in [-0.1, -0.05) is 6.07 Å². The lowest BCUT2D eigenvalue weighted by Crippen LogP contribution is -2.34. The molecule has 2 unspecified atom stereocenters. The third-order valence-corrected chi connectivity index (χ3v) is 5.67. The van der Waals surface area contributed by atoms with E-state index in [1.54, 1.807) is 26.4 Å². The van der Waals surface area contributed by atoms with Gasteiger partial charge in [0.15, 0.2) is 0 Å². The Morgan fingerprint density at radius 1 is 0.964 bits per heavy atom. The van der Waals surface area contributed by atoms with Crippen molar-refractivity contribution < 1.29 is 14.3 Å². The molecule has 2 atom stereocenters. The number of benzene rings is 1. The van der Waals surface area contributed by atoms with Gasteiger partial charge in [-0.3, -0.25) is 4.79 Å². The lowest BCUT2D eigenvalue weighted by Gasteiger charge is -2.23. The third kappa shape index (κ3) is 3.25. The predicted octanol–water partition coefficient (Wildman–Crippen LogP) is 2.32. The number of rotatable bonds is 4. The van der Waals surface area contributed by atoms with Crippen LogP contribution in [0, 0.1) is 25.7 Å². The number of anilines is 1. The second kappa shape index (κ2) is 7.30. The highest BCUT2D eigenvalue weighted by Crippen LogP contribution is 2.36. The van der Waals surface area contributed by atoms with Crippen LogP contribution in [0.5, 0.6) is 11.5 Å². The summed E-state index contributed by atoms with van der Waals surface area (Å²) in [6, 6.07) is 7.41. The van der Waals surface area contributed by atoms with Crippen LogP contribution in [0.2, 0.25) is 0 Å². The molecular weight excluding hydrogens is 356 g/mol. The smallest absolute Gasteiger partial charge is 0.261 e. The molecule has 2 aliphatic rings. The Labute approximate surface area is 165 Å². The zero-order chi connectivity index (χ0) is 19.8. The number of fused-ring (bicyclic) bond motifs is 1. The first-order valence-corrected chi connectivity index (χ1v) is 9.57. The standard InChI is InChI=1S/C21H26N4O3/c1-13-8-14(2)23-21(22-13)25-11-15-9-24(10-16(15)12-25)20(26)19-17(27-3)6-5-7-18(19)28-4/h5-8,15-16H,9-12H2,1-4H3. The summed E-state index contributed by atoms with van der Waals surface area (Å²) in [6.07, 6.45) is 0. The van der Waals surface area contributed by atoms with Crippen LogP contribution in [0.15, 0.2) is 24.3 Å². The molecule has 28 heavy (non-hydrogen) atoms. The molecular formula is C21H26N4O3. The van der Waals surface area contributed by atoms with Crippen molar-refractivity contribution in [3.63, 3.8) is 0 Å². The van der Waals surface area contributed by atoms with E-state index < -0.39 is 0 Å². The molecule has 0 spiro atoms. The van der Waals surface area contributed by atoms with Crippen LogP contribution in [0.1, 0.15) is 21.7 Å². The van der Waals surface area contributed by atoms with Crippen molar-refractivity contribution in [1.82, 2.24) is 14.9 Å². The Hall–Kier alpha value is -2.83. The lowest BCUT2D eigenvalue weighted by molar-refractivity contribution is 0.0775. The number of hydrogen-bond donors (Lipinski definition) is 0. The minimum absolute atomic E-state index is 0.0297. The van der Waals surface area contributed by atoms with Crippen molar-refractivity contribution in [2.45, 2.75) is 13.8 Å². The molecule has 2 fully saturated rings. The van der Waals surface area contributed by atoms with E-state index in [1.807, 2.05) is 30.9 Å². The van der Waals surface area contributed by atoms with Gasteiger partial charge in [-0.25, -0.2) is 9.97 Å². The van der Waals surface area contributed by atoms with Gasteiger partial charge < -0.3 is 19.3 Å². The molecule has 4 rings (SSSR count). The summed E-state index contributed by atoms with van der Waals surface area (Å²) >= 11 is 0. The van der Waals surface area contributed by atoms with Crippen LogP contribution in [0.3, 0.4) is 0 Å². The van der Waals surface area contributed by atoms with Crippen LogP contribution in [0.25, 0.3) is 0 Å². The van der Waals surface area contributed by atoms with E-state index in [1.165, 1.54) is 0 Å². The van der Waals surface area contributed by atoms with Crippen molar-refractivity contribution in [1.29, 1.82) is 0 Å². The Kier molecular flexibility index (Phi) is 4.83. The van der Waals surface area contributed by atoms with Gasteiger partial charge in [0.1, 0.15) is 17.1 Å². The highest BCUT2D eigenvalue weighted by molar-refractivity contribution is 6.00.